The van der Waals surface area contributed by atoms with Crippen molar-refractivity contribution in [3.05, 3.63) is 72.4 Å². The molecule has 3 aliphatic rings. The van der Waals surface area contributed by atoms with Crippen LogP contribution in [-0.2, 0) is 20.7 Å². The Hall–Kier alpha value is -2.70. The highest BCUT2D eigenvalue weighted by Gasteiger charge is 2.68. The Kier molecular flexibility index (Phi) is 7.31. The maximum Gasteiger partial charge on any atom is 0.303 e. The number of nitrogens with one attached hydrogen (secondary N) is 1. The van der Waals surface area contributed by atoms with E-state index >= 15 is 0 Å². The number of esters is 1. The summed E-state index contributed by atoms with van der Waals surface area (Å²) in [6.45, 7) is 11.3. The second-order valence-corrected chi connectivity index (χ2v) is 11.3. The van der Waals surface area contributed by atoms with Crippen LogP contribution in [0.15, 0.2) is 66.8 Å². The van der Waals surface area contributed by atoms with Crippen molar-refractivity contribution in [1.29, 1.82) is 0 Å². The Balaban J connectivity index is 1.92. The topological polar surface area (TPSA) is 95.9 Å². The monoisotopic (exact) mass is 493 g/mol. The van der Waals surface area contributed by atoms with Crippen molar-refractivity contribution in [2.24, 2.45) is 29.1 Å². The van der Waals surface area contributed by atoms with Gasteiger partial charge < -0.3 is 20.3 Å². The molecule has 1 aromatic carbocycles. The number of rotatable bonds is 3. The molecule has 2 fully saturated rings. The Morgan fingerprint density at radius 2 is 1.92 bits per heavy atom. The third-order valence-electron chi connectivity index (χ3n) is 8.43. The normalized spacial score (nSPS) is 42.3. The predicted octanol–water partition coefficient (Wildman–Crippen LogP) is 3.74. The fraction of sp³-hybridized carbons (Fsp3) is 0.533. The van der Waals surface area contributed by atoms with Crippen LogP contribution < -0.4 is 5.32 Å². The molecule has 0 bridgehead atoms. The van der Waals surface area contributed by atoms with E-state index in [0.717, 1.165) is 5.56 Å². The van der Waals surface area contributed by atoms with Crippen LogP contribution in [0.5, 0.6) is 0 Å². The zero-order chi connectivity index (χ0) is 26.3. The largest absolute Gasteiger partial charge is 0.457 e. The molecule has 1 saturated heterocycles. The van der Waals surface area contributed by atoms with Crippen molar-refractivity contribution < 1.29 is 24.5 Å². The maximum atomic E-state index is 14.2. The number of carbonyl (C=O) groups is 2. The van der Waals surface area contributed by atoms with Crippen molar-refractivity contribution in [1.82, 2.24) is 5.32 Å². The van der Waals surface area contributed by atoms with E-state index in [2.05, 4.69) is 18.8 Å². The first-order chi connectivity index (χ1) is 17.0. The summed E-state index contributed by atoms with van der Waals surface area (Å²) in [5, 5.41) is 25.8. The molecule has 1 unspecified atom stereocenters. The van der Waals surface area contributed by atoms with Gasteiger partial charge in [0.05, 0.1) is 11.7 Å². The second kappa shape index (κ2) is 9.98. The minimum Gasteiger partial charge on any atom is -0.457 e. The first-order valence-electron chi connectivity index (χ1n) is 12.9. The van der Waals surface area contributed by atoms with Crippen LogP contribution in [-0.4, -0.2) is 45.9 Å². The fourth-order valence-electron chi connectivity index (χ4n) is 6.90. The van der Waals surface area contributed by atoms with E-state index < -0.39 is 35.1 Å². The Labute approximate surface area is 214 Å². The Morgan fingerprint density at radius 1 is 1.22 bits per heavy atom. The third kappa shape index (κ3) is 4.69. The number of ether oxygens (including phenoxy) is 1. The number of hydrogen-bond acceptors (Lipinski definition) is 5. The lowest BCUT2D eigenvalue weighted by molar-refractivity contribution is -0.166. The highest BCUT2D eigenvalue weighted by molar-refractivity contribution is 5.89. The second-order valence-electron chi connectivity index (χ2n) is 11.3. The molecule has 1 spiro atoms. The van der Waals surface area contributed by atoms with Crippen molar-refractivity contribution >= 4 is 11.9 Å². The number of allylic oxidation sites excluding steroid dienone is 1. The van der Waals surface area contributed by atoms with E-state index in [0.29, 0.717) is 24.8 Å². The zero-order valence-corrected chi connectivity index (χ0v) is 21.7. The molecule has 1 aromatic rings. The van der Waals surface area contributed by atoms with Crippen molar-refractivity contribution in [3.63, 3.8) is 0 Å². The minimum absolute atomic E-state index is 0.170. The van der Waals surface area contributed by atoms with Crippen LogP contribution in [0.25, 0.3) is 0 Å². The summed E-state index contributed by atoms with van der Waals surface area (Å²) in [6, 6.07) is 9.73. The fourth-order valence-corrected chi connectivity index (χ4v) is 6.90. The van der Waals surface area contributed by atoms with Gasteiger partial charge >= 0.3 is 5.97 Å². The summed E-state index contributed by atoms with van der Waals surface area (Å²) in [4.78, 5) is 26.5. The Bertz CT molecular complexity index is 1060. The highest BCUT2D eigenvalue weighted by atomic mass is 16.5. The summed E-state index contributed by atoms with van der Waals surface area (Å²) < 4.78 is 5.89. The molecule has 1 amide bonds. The lowest BCUT2D eigenvalue weighted by atomic mass is 9.51. The summed E-state index contributed by atoms with van der Waals surface area (Å²) in [5.41, 5.74) is -0.635. The van der Waals surface area contributed by atoms with Crippen molar-refractivity contribution in [2.75, 3.05) is 0 Å². The molecule has 4 rings (SSSR count). The lowest BCUT2D eigenvalue weighted by Gasteiger charge is -2.52. The SMILES string of the molecule is C=C1[C@@H](C)[C@H]2[C@H](Cc3ccccc3)NC(=O)[C@]23[C@H](OC(C)=O)/C=C/[C@@](C)(O)CC(C)C/C=C/[C@H]3[C@@H]1O. The first kappa shape index (κ1) is 26.4. The van der Waals surface area contributed by atoms with Gasteiger partial charge in [0.1, 0.15) is 11.5 Å². The standard InChI is InChI=1S/C30H39NO5/c1-18-10-9-13-23-27(33)20(3)19(2)26-24(16-22-11-7-6-8-12-22)31-28(34)30(23,26)25(36-21(4)32)14-15-29(5,35)17-18/h6-9,11-15,18-19,23-27,33,35H,3,10,16-17H2,1-2,4-5H3,(H,31,34)/b13-9+,15-14+/t18?,19-,23+,24+,25-,26+,27-,29-,30-/m1/s1. The average Bonchev–Trinajstić information content (AvgIpc) is 3.08. The summed E-state index contributed by atoms with van der Waals surface area (Å²) in [6.07, 6.45) is 7.09. The molecule has 1 saturated carbocycles. The molecule has 0 aromatic heterocycles. The van der Waals surface area contributed by atoms with Gasteiger partial charge in [-0.1, -0.05) is 69.0 Å². The zero-order valence-electron chi connectivity index (χ0n) is 21.7. The van der Waals surface area contributed by atoms with Gasteiger partial charge in [-0.05, 0) is 55.2 Å². The number of aliphatic hydroxyl groups is 2. The number of hydrogen-bond donors (Lipinski definition) is 3. The molecule has 6 nitrogen and oxygen atoms in total. The molecule has 3 N–H and O–H groups in total. The van der Waals surface area contributed by atoms with Crippen LogP contribution in [0.3, 0.4) is 0 Å². The summed E-state index contributed by atoms with van der Waals surface area (Å²) in [5.74, 6) is -1.75. The van der Waals surface area contributed by atoms with Gasteiger partial charge in [0.15, 0.2) is 0 Å². The summed E-state index contributed by atoms with van der Waals surface area (Å²) >= 11 is 0. The van der Waals surface area contributed by atoms with Crippen LogP contribution in [0.1, 0.15) is 46.1 Å². The van der Waals surface area contributed by atoms with Gasteiger partial charge in [-0.2, -0.15) is 0 Å². The molecule has 1 aliphatic heterocycles. The molecule has 9 atom stereocenters. The molecular formula is C30H39NO5. The van der Waals surface area contributed by atoms with Crippen LogP contribution in [0.2, 0.25) is 0 Å². The predicted molar refractivity (Wildman–Crippen MR) is 139 cm³/mol. The van der Waals surface area contributed by atoms with E-state index in [9.17, 15) is 19.8 Å². The molecule has 2 aliphatic carbocycles. The van der Waals surface area contributed by atoms with Crippen molar-refractivity contribution in [2.45, 2.75) is 70.8 Å². The third-order valence-corrected chi connectivity index (χ3v) is 8.43. The van der Waals surface area contributed by atoms with E-state index in [1.165, 1.54) is 6.92 Å². The Morgan fingerprint density at radius 3 is 2.58 bits per heavy atom. The highest BCUT2D eigenvalue weighted by Crippen LogP contribution is 2.58. The van der Waals surface area contributed by atoms with Gasteiger partial charge in [0, 0.05) is 24.8 Å². The number of carbonyl (C=O) groups excluding carboxylic acids is 2. The molecular weight excluding hydrogens is 454 g/mol. The smallest absolute Gasteiger partial charge is 0.303 e. The molecule has 1 heterocycles. The van der Waals surface area contributed by atoms with Gasteiger partial charge in [0.2, 0.25) is 5.91 Å². The molecule has 194 valence electrons. The summed E-state index contributed by atoms with van der Waals surface area (Å²) in [7, 11) is 0. The average molecular weight is 494 g/mol. The molecule has 0 radical (unpaired) electrons. The van der Waals surface area contributed by atoms with Crippen LogP contribution >= 0.6 is 0 Å². The van der Waals surface area contributed by atoms with E-state index in [1.54, 1.807) is 19.1 Å². The van der Waals surface area contributed by atoms with Gasteiger partial charge in [-0.25, -0.2) is 0 Å². The number of benzene rings is 1. The number of amides is 1. The molecule has 6 heteroatoms. The quantitative estimate of drug-likeness (QED) is 0.440. The number of aliphatic hydroxyl groups excluding tert-OH is 1. The lowest BCUT2D eigenvalue weighted by Crippen LogP contribution is -2.60. The van der Waals surface area contributed by atoms with E-state index in [1.807, 2.05) is 49.4 Å². The van der Waals surface area contributed by atoms with Crippen molar-refractivity contribution in [3.8, 4) is 0 Å². The first-order valence-corrected chi connectivity index (χ1v) is 12.9. The van der Waals surface area contributed by atoms with Gasteiger partial charge in [-0.3, -0.25) is 9.59 Å². The minimum atomic E-state index is -1.26. The maximum absolute atomic E-state index is 14.2. The van der Waals surface area contributed by atoms with E-state index in [-0.39, 0.29) is 29.7 Å². The van der Waals surface area contributed by atoms with Gasteiger partial charge in [0.25, 0.3) is 0 Å². The van der Waals surface area contributed by atoms with Crippen LogP contribution in [0, 0.1) is 29.1 Å². The molecule has 36 heavy (non-hydrogen) atoms. The van der Waals surface area contributed by atoms with E-state index in [4.69, 9.17) is 4.74 Å². The van der Waals surface area contributed by atoms with Gasteiger partial charge in [-0.15, -0.1) is 0 Å². The van der Waals surface area contributed by atoms with Crippen LogP contribution in [0.4, 0.5) is 0 Å².